The standard InChI is InChI=1S/C18H30N2/c1-4-18(2,3)15-19-17-10-12-20(13-11-17)14-16-8-6-5-7-9-16/h5-9,17,19H,4,10-15H2,1-3H3. The van der Waals surface area contributed by atoms with Crippen molar-refractivity contribution in [3.63, 3.8) is 0 Å². The second-order valence-corrected chi connectivity index (χ2v) is 6.93. The number of piperidine rings is 1. The van der Waals surface area contributed by atoms with E-state index in [0.29, 0.717) is 11.5 Å². The van der Waals surface area contributed by atoms with Crippen molar-refractivity contribution >= 4 is 0 Å². The Morgan fingerprint density at radius 1 is 1.15 bits per heavy atom. The number of hydrogen-bond donors (Lipinski definition) is 1. The van der Waals surface area contributed by atoms with Gasteiger partial charge in [-0.15, -0.1) is 0 Å². The van der Waals surface area contributed by atoms with Crippen LogP contribution in [0.2, 0.25) is 0 Å². The van der Waals surface area contributed by atoms with Gasteiger partial charge in [0, 0.05) is 19.1 Å². The van der Waals surface area contributed by atoms with Gasteiger partial charge < -0.3 is 5.32 Å². The van der Waals surface area contributed by atoms with E-state index in [4.69, 9.17) is 0 Å². The van der Waals surface area contributed by atoms with E-state index in [2.05, 4.69) is 61.3 Å². The number of likely N-dealkylation sites (tertiary alicyclic amines) is 1. The molecule has 1 heterocycles. The smallest absolute Gasteiger partial charge is 0.0233 e. The number of nitrogens with one attached hydrogen (secondary N) is 1. The molecule has 0 atom stereocenters. The van der Waals surface area contributed by atoms with Crippen LogP contribution in [0.15, 0.2) is 30.3 Å². The van der Waals surface area contributed by atoms with E-state index >= 15 is 0 Å². The first-order chi connectivity index (χ1) is 9.59. The van der Waals surface area contributed by atoms with Crippen LogP contribution < -0.4 is 5.32 Å². The number of rotatable bonds is 6. The third-order valence-corrected chi connectivity index (χ3v) is 4.66. The number of benzene rings is 1. The highest BCUT2D eigenvalue weighted by Gasteiger charge is 2.21. The molecule has 112 valence electrons. The maximum Gasteiger partial charge on any atom is 0.0233 e. The fourth-order valence-corrected chi connectivity index (χ4v) is 2.68. The molecular weight excluding hydrogens is 244 g/mol. The van der Waals surface area contributed by atoms with Crippen LogP contribution in [0, 0.1) is 5.41 Å². The highest BCUT2D eigenvalue weighted by atomic mass is 15.1. The predicted molar refractivity (Wildman–Crippen MR) is 86.8 cm³/mol. The molecule has 0 saturated carbocycles. The van der Waals surface area contributed by atoms with Crippen LogP contribution >= 0.6 is 0 Å². The van der Waals surface area contributed by atoms with Gasteiger partial charge in [0.1, 0.15) is 0 Å². The molecule has 0 aliphatic carbocycles. The monoisotopic (exact) mass is 274 g/mol. The minimum atomic E-state index is 0.432. The average Bonchev–Trinajstić information content (AvgIpc) is 2.48. The molecule has 1 N–H and O–H groups in total. The van der Waals surface area contributed by atoms with Crippen LogP contribution in [0.3, 0.4) is 0 Å². The summed E-state index contributed by atoms with van der Waals surface area (Å²) in [6.45, 7) is 11.7. The third kappa shape index (κ3) is 4.92. The molecule has 1 saturated heterocycles. The summed E-state index contributed by atoms with van der Waals surface area (Å²) in [6.07, 6.45) is 3.81. The first-order valence-corrected chi connectivity index (χ1v) is 8.09. The Balaban J connectivity index is 1.70. The van der Waals surface area contributed by atoms with Gasteiger partial charge in [-0.25, -0.2) is 0 Å². The van der Waals surface area contributed by atoms with Crippen molar-refractivity contribution in [3.8, 4) is 0 Å². The minimum Gasteiger partial charge on any atom is -0.313 e. The van der Waals surface area contributed by atoms with Crippen molar-refractivity contribution in [2.45, 2.75) is 52.6 Å². The zero-order chi connectivity index (χ0) is 14.4. The van der Waals surface area contributed by atoms with E-state index < -0.39 is 0 Å². The summed E-state index contributed by atoms with van der Waals surface area (Å²) in [5, 5.41) is 3.77. The Hall–Kier alpha value is -0.860. The summed E-state index contributed by atoms with van der Waals surface area (Å²) in [4.78, 5) is 2.58. The van der Waals surface area contributed by atoms with Gasteiger partial charge in [-0.3, -0.25) is 4.90 Å². The van der Waals surface area contributed by atoms with Crippen LogP contribution in [-0.4, -0.2) is 30.6 Å². The van der Waals surface area contributed by atoms with E-state index in [1.54, 1.807) is 0 Å². The van der Waals surface area contributed by atoms with Gasteiger partial charge in [0.15, 0.2) is 0 Å². The van der Waals surface area contributed by atoms with E-state index in [0.717, 1.165) is 13.1 Å². The molecule has 1 aromatic carbocycles. The van der Waals surface area contributed by atoms with E-state index in [-0.39, 0.29) is 0 Å². The SMILES string of the molecule is CCC(C)(C)CNC1CCN(Cc2ccccc2)CC1. The highest BCUT2D eigenvalue weighted by Crippen LogP contribution is 2.20. The van der Waals surface area contributed by atoms with Crippen molar-refractivity contribution in [2.75, 3.05) is 19.6 Å². The van der Waals surface area contributed by atoms with E-state index in [1.807, 2.05) is 0 Å². The minimum absolute atomic E-state index is 0.432. The average molecular weight is 274 g/mol. The Labute approximate surface area is 124 Å². The molecular formula is C18H30N2. The molecule has 0 amide bonds. The van der Waals surface area contributed by atoms with Gasteiger partial charge in [-0.05, 0) is 43.3 Å². The zero-order valence-electron chi connectivity index (χ0n) is 13.4. The van der Waals surface area contributed by atoms with Crippen molar-refractivity contribution in [1.82, 2.24) is 10.2 Å². The maximum atomic E-state index is 3.77. The Bertz CT molecular complexity index is 378. The fourth-order valence-electron chi connectivity index (χ4n) is 2.68. The lowest BCUT2D eigenvalue weighted by Gasteiger charge is -2.34. The molecule has 1 aliphatic rings. The van der Waals surface area contributed by atoms with Crippen LogP contribution in [0.25, 0.3) is 0 Å². The van der Waals surface area contributed by atoms with Crippen molar-refractivity contribution < 1.29 is 0 Å². The summed E-state index contributed by atoms with van der Waals surface area (Å²) in [7, 11) is 0. The predicted octanol–water partition coefficient (Wildman–Crippen LogP) is 3.68. The topological polar surface area (TPSA) is 15.3 Å². The zero-order valence-corrected chi connectivity index (χ0v) is 13.4. The lowest BCUT2D eigenvalue weighted by molar-refractivity contribution is 0.180. The largest absolute Gasteiger partial charge is 0.313 e. The third-order valence-electron chi connectivity index (χ3n) is 4.66. The summed E-state index contributed by atoms with van der Waals surface area (Å²) in [6, 6.07) is 11.5. The lowest BCUT2D eigenvalue weighted by atomic mass is 9.89. The van der Waals surface area contributed by atoms with Crippen LogP contribution in [-0.2, 0) is 6.54 Å². The molecule has 1 aliphatic heterocycles. The molecule has 0 bridgehead atoms. The quantitative estimate of drug-likeness (QED) is 0.851. The summed E-state index contributed by atoms with van der Waals surface area (Å²) < 4.78 is 0. The second-order valence-electron chi connectivity index (χ2n) is 6.93. The maximum absolute atomic E-state index is 3.77. The summed E-state index contributed by atoms with van der Waals surface area (Å²) in [5.74, 6) is 0. The molecule has 1 fully saturated rings. The van der Waals surface area contributed by atoms with Gasteiger partial charge in [0.25, 0.3) is 0 Å². The number of nitrogens with zero attached hydrogens (tertiary/aromatic N) is 1. The second kappa shape index (κ2) is 7.24. The van der Waals surface area contributed by atoms with Crippen LogP contribution in [0.4, 0.5) is 0 Å². The van der Waals surface area contributed by atoms with Crippen molar-refractivity contribution in [3.05, 3.63) is 35.9 Å². The normalized spacial score (nSPS) is 18.4. The molecule has 2 heteroatoms. The first-order valence-electron chi connectivity index (χ1n) is 8.09. The summed E-state index contributed by atoms with van der Waals surface area (Å²) in [5.41, 5.74) is 1.87. The van der Waals surface area contributed by atoms with E-state index in [1.165, 1.54) is 37.9 Å². The van der Waals surface area contributed by atoms with Gasteiger partial charge in [-0.2, -0.15) is 0 Å². The lowest BCUT2D eigenvalue weighted by Crippen LogP contribution is -2.44. The van der Waals surface area contributed by atoms with Gasteiger partial charge in [0.2, 0.25) is 0 Å². The van der Waals surface area contributed by atoms with Crippen LogP contribution in [0.1, 0.15) is 45.6 Å². The molecule has 0 unspecified atom stereocenters. The van der Waals surface area contributed by atoms with Crippen molar-refractivity contribution in [1.29, 1.82) is 0 Å². The van der Waals surface area contributed by atoms with E-state index in [9.17, 15) is 0 Å². The molecule has 0 aromatic heterocycles. The van der Waals surface area contributed by atoms with Gasteiger partial charge in [-0.1, -0.05) is 51.1 Å². The van der Waals surface area contributed by atoms with Crippen molar-refractivity contribution in [2.24, 2.45) is 5.41 Å². The first kappa shape index (κ1) is 15.5. The van der Waals surface area contributed by atoms with Gasteiger partial charge >= 0.3 is 0 Å². The molecule has 0 spiro atoms. The molecule has 1 aromatic rings. The number of hydrogen-bond acceptors (Lipinski definition) is 2. The fraction of sp³-hybridized carbons (Fsp3) is 0.667. The molecule has 20 heavy (non-hydrogen) atoms. The Morgan fingerprint density at radius 3 is 2.40 bits per heavy atom. The Morgan fingerprint density at radius 2 is 1.80 bits per heavy atom. The summed E-state index contributed by atoms with van der Waals surface area (Å²) >= 11 is 0. The highest BCUT2D eigenvalue weighted by molar-refractivity contribution is 5.14. The van der Waals surface area contributed by atoms with Crippen LogP contribution in [0.5, 0.6) is 0 Å². The Kier molecular flexibility index (Phi) is 5.62. The molecule has 2 nitrogen and oxygen atoms in total. The van der Waals surface area contributed by atoms with Gasteiger partial charge in [0.05, 0.1) is 0 Å². The molecule has 2 rings (SSSR count). The molecule has 0 radical (unpaired) electrons.